The highest BCUT2D eigenvalue weighted by Gasteiger charge is 2.12. The summed E-state index contributed by atoms with van der Waals surface area (Å²) in [6, 6.07) is 1.79. The Balaban J connectivity index is 2.14. The minimum Gasteiger partial charge on any atom is -0.469 e. The molecule has 6 heteroatoms. The zero-order valence-corrected chi connectivity index (χ0v) is 10.1. The second kappa shape index (κ2) is 4.76. The van der Waals surface area contributed by atoms with E-state index in [1.54, 1.807) is 12.3 Å². The molecule has 0 atom stereocenters. The quantitative estimate of drug-likeness (QED) is 0.784. The first-order chi connectivity index (χ1) is 7.66. The van der Waals surface area contributed by atoms with Crippen molar-refractivity contribution in [2.75, 3.05) is 5.75 Å². The second-order valence-electron chi connectivity index (χ2n) is 3.07. The fourth-order valence-corrected chi connectivity index (χ4v) is 1.80. The van der Waals surface area contributed by atoms with Gasteiger partial charge in [0.2, 0.25) is 0 Å². The van der Waals surface area contributed by atoms with Crippen molar-refractivity contribution in [3.05, 3.63) is 29.7 Å². The van der Waals surface area contributed by atoms with Crippen LogP contribution in [0.15, 0.2) is 38.0 Å². The van der Waals surface area contributed by atoms with Crippen molar-refractivity contribution in [3.63, 3.8) is 0 Å². The standard InChI is InChI=1S/C10H9ClN2O2S/c1-6(11)5-16-10-13-12-9(15-10)8-3-4-14-7(8)2/h3-4H,1,5H2,2H3. The highest BCUT2D eigenvalue weighted by molar-refractivity contribution is 7.99. The molecule has 2 aromatic heterocycles. The van der Waals surface area contributed by atoms with E-state index in [2.05, 4.69) is 16.8 Å². The van der Waals surface area contributed by atoms with Gasteiger partial charge in [0.1, 0.15) is 5.76 Å². The van der Waals surface area contributed by atoms with Crippen molar-refractivity contribution < 1.29 is 8.83 Å². The maximum absolute atomic E-state index is 5.64. The zero-order chi connectivity index (χ0) is 11.5. The lowest BCUT2D eigenvalue weighted by molar-refractivity contribution is 0.464. The molecule has 4 nitrogen and oxygen atoms in total. The van der Waals surface area contributed by atoms with E-state index in [1.165, 1.54) is 11.8 Å². The topological polar surface area (TPSA) is 52.1 Å². The lowest BCUT2D eigenvalue weighted by atomic mass is 10.3. The number of hydrogen-bond donors (Lipinski definition) is 0. The molecule has 0 aliphatic rings. The predicted octanol–water partition coefficient (Wildman–Crippen LogP) is 3.48. The van der Waals surface area contributed by atoms with Gasteiger partial charge in [-0.15, -0.1) is 10.2 Å². The van der Waals surface area contributed by atoms with E-state index in [0.717, 1.165) is 11.3 Å². The molecular formula is C10H9ClN2O2S. The third-order valence-electron chi connectivity index (χ3n) is 1.85. The number of thioether (sulfide) groups is 1. The average molecular weight is 257 g/mol. The Morgan fingerprint density at radius 1 is 1.56 bits per heavy atom. The van der Waals surface area contributed by atoms with Crippen molar-refractivity contribution in [2.24, 2.45) is 0 Å². The Bertz CT molecular complexity index is 506. The van der Waals surface area contributed by atoms with Crippen LogP contribution in [0.5, 0.6) is 0 Å². The molecule has 0 spiro atoms. The maximum atomic E-state index is 5.64. The summed E-state index contributed by atoms with van der Waals surface area (Å²) in [5.74, 6) is 1.75. The summed E-state index contributed by atoms with van der Waals surface area (Å²) in [5, 5.41) is 8.83. The van der Waals surface area contributed by atoms with Gasteiger partial charge in [-0.25, -0.2) is 0 Å². The summed E-state index contributed by atoms with van der Waals surface area (Å²) in [5.41, 5.74) is 0.809. The van der Waals surface area contributed by atoms with E-state index < -0.39 is 0 Å². The van der Waals surface area contributed by atoms with Gasteiger partial charge in [0.15, 0.2) is 0 Å². The SMILES string of the molecule is C=C(Cl)CSc1nnc(-c2ccoc2C)o1. The first-order valence-electron chi connectivity index (χ1n) is 4.51. The molecule has 84 valence electrons. The normalized spacial score (nSPS) is 10.6. The van der Waals surface area contributed by atoms with Gasteiger partial charge >= 0.3 is 0 Å². The van der Waals surface area contributed by atoms with Crippen molar-refractivity contribution in [1.82, 2.24) is 10.2 Å². The first kappa shape index (κ1) is 11.3. The van der Waals surface area contributed by atoms with E-state index in [9.17, 15) is 0 Å². The molecule has 0 aliphatic carbocycles. The molecule has 0 bridgehead atoms. The maximum Gasteiger partial charge on any atom is 0.277 e. The third-order valence-corrected chi connectivity index (χ3v) is 3.04. The predicted molar refractivity (Wildman–Crippen MR) is 62.5 cm³/mol. The molecule has 2 aromatic rings. The summed E-state index contributed by atoms with van der Waals surface area (Å²) in [4.78, 5) is 0. The van der Waals surface area contributed by atoms with Crippen molar-refractivity contribution >= 4 is 23.4 Å². The average Bonchev–Trinajstić information content (AvgIpc) is 2.83. The summed E-state index contributed by atoms with van der Waals surface area (Å²) >= 11 is 6.99. The summed E-state index contributed by atoms with van der Waals surface area (Å²) in [6.07, 6.45) is 1.59. The van der Waals surface area contributed by atoms with Crippen LogP contribution in [0, 0.1) is 6.92 Å². The molecule has 0 saturated heterocycles. The van der Waals surface area contributed by atoms with Crippen molar-refractivity contribution in [2.45, 2.75) is 12.1 Å². The van der Waals surface area contributed by atoms with E-state index in [4.69, 9.17) is 20.4 Å². The van der Waals surface area contributed by atoms with Gasteiger partial charge in [0, 0.05) is 10.8 Å². The zero-order valence-electron chi connectivity index (χ0n) is 8.57. The van der Waals surface area contributed by atoms with E-state index >= 15 is 0 Å². The van der Waals surface area contributed by atoms with E-state index in [-0.39, 0.29) is 0 Å². The van der Waals surface area contributed by atoms with E-state index in [1.807, 2.05) is 6.92 Å². The minimum absolute atomic E-state index is 0.453. The fourth-order valence-electron chi connectivity index (χ4n) is 1.12. The van der Waals surface area contributed by atoms with Crippen LogP contribution >= 0.6 is 23.4 Å². The molecule has 2 rings (SSSR count). The summed E-state index contributed by atoms with van der Waals surface area (Å²) in [7, 11) is 0. The van der Waals surface area contributed by atoms with Crippen LogP contribution in [-0.2, 0) is 0 Å². The third kappa shape index (κ3) is 2.48. The van der Waals surface area contributed by atoms with E-state index in [0.29, 0.717) is 21.9 Å². The van der Waals surface area contributed by atoms with Gasteiger partial charge in [0.25, 0.3) is 11.1 Å². The Hall–Kier alpha value is -1.20. The van der Waals surface area contributed by atoms with Gasteiger partial charge in [-0.3, -0.25) is 0 Å². The lowest BCUT2D eigenvalue weighted by Crippen LogP contribution is -1.77. The highest BCUT2D eigenvalue weighted by atomic mass is 35.5. The van der Waals surface area contributed by atoms with Crippen LogP contribution in [0.3, 0.4) is 0 Å². The Kier molecular flexibility index (Phi) is 3.36. The van der Waals surface area contributed by atoms with Gasteiger partial charge in [-0.2, -0.15) is 0 Å². The largest absolute Gasteiger partial charge is 0.469 e. The number of nitrogens with zero attached hydrogens (tertiary/aromatic N) is 2. The first-order valence-corrected chi connectivity index (χ1v) is 5.87. The minimum atomic E-state index is 0.453. The highest BCUT2D eigenvalue weighted by Crippen LogP contribution is 2.27. The molecule has 2 heterocycles. The van der Waals surface area contributed by atoms with Crippen LogP contribution in [0.1, 0.15) is 5.76 Å². The molecule has 0 amide bonds. The van der Waals surface area contributed by atoms with Crippen LogP contribution in [0.2, 0.25) is 0 Å². The van der Waals surface area contributed by atoms with Crippen LogP contribution in [0.25, 0.3) is 11.5 Å². The summed E-state index contributed by atoms with van der Waals surface area (Å²) in [6.45, 7) is 5.42. The van der Waals surface area contributed by atoms with Gasteiger partial charge in [-0.05, 0) is 13.0 Å². The number of furan rings is 1. The Labute approximate surface area is 102 Å². The molecule has 0 N–H and O–H groups in total. The lowest BCUT2D eigenvalue weighted by Gasteiger charge is -1.92. The molecule has 0 aliphatic heterocycles. The molecule has 0 saturated carbocycles. The fraction of sp³-hybridized carbons (Fsp3) is 0.200. The molecule has 0 fully saturated rings. The molecule has 0 aromatic carbocycles. The van der Waals surface area contributed by atoms with Crippen LogP contribution < -0.4 is 0 Å². The Morgan fingerprint density at radius 2 is 2.38 bits per heavy atom. The summed E-state index contributed by atoms with van der Waals surface area (Å²) < 4.78 is 10.6. The number of aromatic nitrogens is 2. The molecule has 0 radical (unpaired) electrons. The van der Waals surface area contributed by atoms with Gasteiger partial charge in [-0.1, -0.05) is 29.9 Å². The van der Waals surface area contributed by atoms with Gasteiger partial charge < -0.3 is 8.83 Å². The molecule has 0 unspecified atom stereocenters. The number of rotatable bonds is 4. The smallest absolute Gasteiger partial charge is 0.277 e. The van der Waals surface area contributed by atoms with Crippen molar-refractivity contribution in [1.29, 1.82) is 0 Å². The van der Waals surface area contributed by atoms with Crippen molar-refractivity contribution in [3.8, 4) is 11.5 Å². The number of hydrogen-bond acceptors (Lipinski definition) is 5. The number of halogens is 1. The molecular weight excluding hydrogens is 248 g/mol. The van der Waals surface area contributed by atoms with Gasteiger partial charge in [0.05, 0.1) is 11.8 Å². The Morgan fingerprint density at radius 3 is 3.00 bits per heavy atom. The number of aryl methyl sites for hydroxylation is 1. The molecule has 16 heavy (non-hydrogen) atoms. The second-order valence-corrected chi connectivity index (χ2v) is 4.53. The van der Waals surface area contributed by atoms with Crippen LogP contribution in [0.4, 0.5) is 0 Å². The monoisotopic (exact) mass is 256 g/mol. The van der Waals surface area contributed by atoms with Crippen LogP contribution in [-0.4, -0.2) is 16.0 Å².